The molecule has 0 saturated heterocycles. The fourth-order valence-electron chi connectivity index (χ4n) is 2.04. The van der Waals surface area contributed by atoms with Crippen LogP contribution in [0.15, 0.2) is 29.2 Å². The van der Waals surface area contributed by atoms with E-state index >= 15 is 0 Å². The average molecular weight is 353 g/mol. The van der Waals surface area contributed by atoms with Gasteiger partial charge >= 0.3 is 12.0 Å². The highest BCUT2D eigenvalue weighted by Crippen LogP contribution is 2.19. The standard InChI is InChI=1S/C18H28N2O3S/c1-17(2,3)23-15(21)10-11-18(4,5)20-16(22)19-13-8-7-9-14(12-13)24-6/h7-9,12H,10-11H2,1-6H3,(H2,19,20,22). The van der Waals surface area contributed by atoms with Gasteiger partial charge in [-0.25, -0.2) is 4.79 Å². The molecule has 1 aromatic rings. The van der Waals surface area contributed by atoms with Crippen LogP contribution in [0.25, 0.3) is 0 Å². The van der Waals surface area contributed by atoms with Gasteiger partial charge in [-0.15, -0.1) is 11.8 Å². The number of carbonyl (C=O) groups excluding carboxylic acids is 2. The molecule has 6 heteroatoms. The zero-order valence-corrected chi connectivity index (χ0v) is 16.2. The molecule has 1 rings (SSSR count). The Balaban J connectivity index is 2.50. The van der Waals surface area contributed by atoms with E-state index in [0.717, 1.165) is 10.6 Å². The number of ether oxygens (including phenoxy) is 1. The van der Waals surface area contributed by atoms with E-state index in [1.165, 1.54) is 0 Å². The minimum absolute atomic E-state index is 0.256. The maximum atomic E-state index is 12.2. The summed E-state index contributed by atoms with van der Waals surface area (Å²) in [5, 5.41) is 5.71. The van der Waals surface area contributed by atoms with E-state index in [1.807, 2.05) is 65.1 Å². The first kappa shape index (κ1) is 20.4. The average Bonchev–Trinajstić information content (AvgIpc) is 2.43. The van der Waals surface area contributed by atoms with Crippen LogP contribution in [0.3, 0.4) is 0 Å². The summed E-state index contributed by atoms with van der Waals surface area (Å²) in [4.78, 5) is 25.0. The molecule has 0 radical (unpaired) electrons. The number of carbonyl (C=O) groups is 2. The van der Waals surface area contributed by atoms with E-state index in [0.29, 0.717) is 6.42 Å². The zero-order chi connectivity index (χ0) is 18.4. The molecule has 0 spiro atoms. The molecule has 0 saturated carbocycles. The van der Waals surface area contributed by atoms with E-state index in [4.69, 9.17) is 4.74 Å². The van der Waals surface area contributed by atoms with Crippen molar-refractivity contribution in [3.8, 4) is 0 Å². The monoisotopic (exact) mass is 352 g/mol. The van der Waals surface area contributed by atoms with Crippen LogP contribution in [0.4, 0.5) is 10.5 Å². The number of nitrogens with one attached hydrogen (secondary N) is 2. The molecule has 0 aliphatic rings. The molecule has 0 aliphatic heterocycles. The normalized spacial score (nSPS) is 11.8. The molecule has 0 aliphatic carbocycles. The fourth-order valence-corrected chi connectivity index (χ4v) is 2.50. The smallest absolute Gasteiger partial charge is 0.319 e. The fraction of sp³-hybridized carbons (Fsp3) is 0.556. The van der Waals surface area contributed by atoms with Gasteiger partial charge in [0.2, 0.25) is 0 Å². The number of thioether (sulfide) groups is 1. The van der Waals surface area contributed by atoms with Crippen LogP contribution in [0.1, 0.15) is 47.5 Å². The van der Waals surface area contributed by atoms with E-state index in [1.54, 1.807) is 11.8 Å². The van der Waals surface area contributed by atoms with E-state index in [9.17, 15) is 9.59 Å². The molecular formula is C18H28N2O3S. The lowest BCUT2D eigenvalue weighted by atomic mass is 9.98. The van der Waals surface area contributed by atoms with Gasteiger partial charge in [-0.2, -0.15) is 0 Å². The topological polar surface area (TPSA) is 67.4 Å². The predicted molar refractivity (Wildman–Crippen MR) is 99.5 cm³/mol. The largest absolute Gasteiger partial charge is 0.460 e. The maximum absolute atomic E-state index is 12.2. The van der Waals surface area contributed by atoms with Crippen LogP contribution >= 0.6 is 11.8 Å². The molecule has 2 N–H and O–H groups in total. The summed E-state index contributed by atoms with van der Waals surface area (Å²) in [7, 11) is 0. The zero-order valence-electron chi connectivity index (χ0n) is 15.4. The summed E-state index contributed by atoms with van der Waals surface area (Å²) >= 11 is 1.62. The Morgan fingerprint density at radius 2 is 1.83 bits per heavy atom. The third-order valence-corrected chi connectivity index (χ3v) is 3.88. The van der Waals surface area contributed by atoms with Crippen molar-refractivity contribution in [3.05, 3.63) is 24.3 Å². The maximum Gasteiger partial charge on any atom is 0.319 e. The van der Waals surface area contributed by atoms with Gasteiger partial charge in [0.25, 0.3) is 0 Å². The number of urea groups is 1. The molecule has 24 heavy (non-hydrogen) atoms. The molecular weight excluding hydrogens is 324 g/mol. The molecule has 0 bridgehead atoms. The molecule has 2 amide bonds. The molecule has 1 aromatic carbocycles. The lowest BCUT2D eigenvalue weighted by molar-refractivity contribution is -0.155. The van der Waals surface area contributed by atoms with E-state index in [-0.39, 0.29) is 18.4 Å². The Morgan fingerprint density at radius 3 is 2.42 bits per heavy atom. The molecule has 5 nitrogen and oxygen atoms in total. The van der Waals surface area contributed by atoms with Crippen molar-refractivity contribution >= 4 is 29.4 Å². The highest BCUT2D eigenvalue weighted by molar-refractivity contribution is 7.98. The lowest BCUT2D eigenvalue weighted by Gasteiger charge is -2.27. The van der Waals surface area contributed by atoms with Gasteiger partial charge in [-0.05, 0) is 65.5 Å². The van der Waals surface area contributed by atoms with Crippen molar-refractivity contribution in [3.63, 3.8) is 0 Å². The number of rotatable bonds is 6. The Bertz CT molecular complexity index is 580. The van der Waals surface area contributed by atoms with E-state index in [2.05, 4.69) is 10.6 Å². The molecule has 0 fully saturated rings. The Labute approximate surface area is 148 Å². The number of hydrogen-bond donors (Lipinski definition) is 2. The van der Waals surface area contributed by atoms with Crippen LogP contribution in [-0.2, 0) is 9.53 Å². The van der Waals surface area contributed by atoms with E-state index < -0.39 is 11.1 Å². The van der Waals surface area contributed by atoms with Gasteiger partial charge in [0.1, 0.15) is 5.60 Å². The van der Waals surface area contributed by atoms with Crippen LogP contribution < -0.4 is 10.6 Å². The van der Waals surface area contributed by atoms with Crippen molar-refractivity contribution in [2.45, 2.75) is 63.5 Å². The number of benzene rings is 1. The summed E-state index contributed by atoms with van der Waals surface area (Å²) in [5.74, 6) is -0.259. The second kappa shape index (κ2) is 8.42. The van der Waals surface area contributed by atoms with Gasteiger partial charge in [-0.1, -0.05) is 6.07 Å². The second-order valence-electron chi connectivity index (χ2n) is 7.28. The van der Waals surface area contributed by atoms with Gasteiger partial charge in [0.05, 0.1) is 0 Å². The number of hydrogen-bond acceptors (Lipinski definition) is 4. The van der Waals surface area contributed by atoms with Crippen LogP contribution in [0.2, 0.25) is 0 Å². The van der Waals surface area contributed by atoms with Gasteiger partial charge in [-0.3, -0.25) is 4.79 Å². The predicted octanol–water partition coefficient (Wildman–Crippen LogP) is 4.43. The number of anilines is 1. The highest BCUT2D eigenvalue weighted by Gasteiger charge is 2.24. The quantitative estimate of drug-likeness (QED) is 0.587. The highest BCUT2D eigenvalue weighted by atomic mass is 32.2. The van der Waals surface area contributed by atoms with Crippen molar-refractivity contribution in [1.82, 2.24) is 5.32 Å². The molecule has 0 aromatic heterocycles. The summed E-state index contributed by atoms with van der Waals surface area (Å²) in [6.07, 6.45) is 2.74. The van der Waals surface area contributed by atoms with Crippen molar-refractivity contribution in [2.75, 3.05) is 11.6 Å². The van der Waals surface area contributed by atoms with Crippen LogP contribution in [0, 0.1) is 0 Å². The summed E-state index contributed by atoms with van der Waals surface area (Å²) < 4.78 is 5.29. The third-order valence-electron chi connectivity index (χ3n) is 3.15. The number of esters is 1. The Hall–Kier alpha value is -1.69. The van der Waals surface area contributed by atoms with Crippen molar-refractivity contribution < 1.29 is 14.3 Å². The first-order chi connectivity index (χ1) is 11.0. The first-order valence-corrected chi connectivity index (χ1v) is 9.18. The Morgan fingerprint density at radius 1 is 1.17 bits per heavy atom. The Kier molecular flexibility index (Phi) is 7.14. The summed E-state index contributed by atoms with van der Waals surface area (Å²) in [6, 6.07) is 7.35. The van der Waals surface area contributed by atoms with Gasteiger partial charge in [0, 0.05) is 22.5 Å². The molecule has 134 valence electrons. The molecule has 0 unspecified atom stereocenters. The molecule has 0 heterocycles. The number of amides is 2. The van der Waals surface area contributed by atoms with Crippen LogP contribution in [0.5, 0.6) is 0 Å². The molecule has 0 atom stereocenters. The third kappa shape index (κ3) is 8.24. The van der Waals surface area contributed by atoms with Crippen LogP contribution in [-0.4, -0.2) is 29.4 Å². The summed E-state index contributed by atoms with van der Waals surface area (Å²) in [5.41, 5.74) is -0.269. The second-order valence-corrected chi connectivity index (χ2v) is 8.16. The van der Waals surface area contributed by atoms with Gasteiger partial charge < -0.3 is 15.4 Å². The SMILES string of the molecule is CSc1cccc(NC(=O)NC(C)(C)CCC(=O)OC(C)(C)C)c1. The summed E-state index contributed by atoms with van der Waals surface area (Å²) in [6.45, 7) is 9.28. The minimum atomic E-state index is -0.516. The van der Waals surface area contributed by atoms with Crippen molar-refractivity contribution in [1.29, 1.82) is 0 Å². The van der Waals surface area contributed by atoms with Gasteiger partial charge in [0.15, 0.2) is 0 Å². The van der Waals surface area contributed by atoms with Crippen molar-refractivity contribution in [2.24, 2.45) is 0 Å². The first-order valence-electron chi connectivity index (χ1n) is 7.96. The minimum Gasteiger partial charge on any atom is -0.460 e. The lowest BCUT2D eigenvalue weighted by Crippen LogP contribution is -2.46.